The second kappa shape index (κ2) is 7.04. The Morgan fingerprint density at radius 1 is 1.00 bits per heavy atom. The maximum Gasteiger partial charge on any atom is 0.303 e. The van der Waals surface area contributed by atoms with Gasteiger partial charge in [-0.2, -0.15) is 0 Å². The van der Waals surface area contributed by atoms with Gasteiger partial charge < -0.3 is 10.2 Å². The molecule has 4 fully saturated rings. The summed E-state index contributed by atoms with van der Waals surface area (Å²) in [4.78, 5) is 11.0. The van der Waals surface area contributed by atoms with Crippen molar-refractivity contribution in [1.82, 2.24) is 0 Å². The van der Waals surface area contributed by atoms with Crippen LogP contribution < -0.4 is 0 Å². The quantitative estimate of drug-likeness (QED) is 0.680. The predicted octanol–water partition coefficient (Wildman–Crippen LogP) is 5.51. The monoisotopic (exact) mass is 376 g/mol. The van der Waals surface area contributed by atoms with Crippen LogP contribution in [0.25, 0.3) is 0 Å². The van der Waals surface area contributed by atoms with Crippen molar-refractivity contribution in [2.75, 3.05) is 0 Å². The van der Waals surface area contributed by atoms with Gasteiger partial charge in [0.25, 0.3) is 0 Å². The van der Waals surface area contributed by atoms with E-state index in [1.54, 1.807) is 0 Å². The molecule has 4 saturated carbocycles. The molecular weight excluding hydrogens is 336 g/mol. The molecule has 0 aromatic heterocycles. The number of fused-ring (bicyclic) bond motifs is 5. The van der Waals surface area contributed by atoms with Gasteiger partial charge in [0.1, 0.15) is 0 Å². The third kappa shape index (κ3) is 3.16. The normalized spacial score (nSPS) is 50.4. The Labute approximate surface area is 165 Å². The first kappa shape index (κ1) is 19.7. The third-order valence-corrected chi connectivity index (χ3v) is 10.2. The van der Waals surface area contributed by atoms with E-state index in [2.05, 4.69) is 20.8 Å². The zero-order chi connectivity index (χ0) is 19.4. The molecule has 0 heterocycles. The topological polar surface area (TPSA) is 57.5 Å². The molecule has 5 unspecified atom stereocenters. The lowest BCUT2D eigenvalue weighted by Crippen LogP contribution is -2.54. The van der Waals surface area contributed by atoms with Gasteiger partial charge in [-0.3, -0.25) is 4.79 Å². The van der Waals surface area contributed by atoms with Gasteiger partial charge in [-0.1, -0.05) is 20.8 Å². The van der Waals surface area contributed by atoms with Crippen LogP contribution in [0.15, 0.2) is 0 Å². The number of hydrogen-bond acceptors (Lipinski definition) is 2. The molecule has 27 heavy (non-hydrogen) atoms. The van der Waals surface area contributed by atoms with E-state index in [-0.39, 0.29) is 6.10 Å². The maximum absolute atomic E-state index is 11.0. The molecule has 4 aliphatic rings. The highest BCUT2D eigenvalue weighted by Gasteiger charge is 2.60. The number of aliphatic hydroxyl groups is 1. The molecule has 0 saturated heterocycles. The molecule has 0 spiro atoms. The molecule has 3 nitrogen and oxygen atoms in total. The van der Waals surface area contributed by atoms with Crippen LogP contribution in [0.2, 0.25) is 0 Å². The van der Waals surface area contributed by atoms with Crippen LogP contribution in [0, 0.1) is 46.3 Å². The second-order valence-electron chi connectivity index (χ2n) is 11.2. The van der Waals surface area contributed by atoms with Gasteiger partial charge in [0.05, 0.1) is 6.10 Å². The van der Waals surface area contributed by atoms with Crippen LogP contribution in [-0.4, -0.2) is 22.3 Å². The van der Waals surface area contributed by atoms with Gasteiger partial charge in [0, 0.05) is 6.42 Å². The van der Waals surface area contributed by atoms with Gasteiger partial charge in [-0.05, 0) is 111 Å². The van der Waals surface area contributed by atoms with E-state index in [9.17, 15) is 9.90 Å². The second-order valence-corrected chi connectivity index (χ2v) is 11.2. The lowest BCUT2D eigenvalue weighted by molar-refractivity contribution is -0.138. The zero-order valence-corrected chi connectivity index (χ0v) is 17.6. The summed E-state index contributed by atoms with van der Waals surface area (Å²) in [6.07, 6.45) is 12.4. The van der Waals surface area contributed by atoms with E-state index in [1.165, 1.54) is 44.9 Å². The number of hydrogen-bond donors (Lipinski definition) is 2. The SMILES string of the molecule is CC(CCC(=O)O)C1CCC2[C@@H]3CC[C@@H]4CC(O)CC[C@]4(C)C3CC[C@]12C. The van der Waals surface area contributed by atoms with Crippen molar-refractivity contribution in [3.05, 3.63) is 0 Å². The standard InChI is InChI=1S/C24H40O3/c1-15(4-9-22(26)27)19-7-8-20-18-6-5-16-14-17(25)10-12-23(16,2)21(18)11-13-24(19,20)3/h15-21,25H,4-14H2,1-3H3,(H,26,27)/t15?,16-,17?,18+,19?,20?,21?,23+,24-/m1/s1. The number of aliphatic hydroxyl groups excluding tert-OH is 1. The molecule has 0 bridgehead atoms. The summed E-state index contributed by atoms with van der Waals surface area (Å²) >= 11 is 0. The Morgan fingerprint density at radius 2 is 1.70 bits per heavy atom. The smallest absolute Gasteiger partial charge is 0.303 e. The summed E-state index contributed by atoms with van der Waals surface area (Å²) in [5, 5.41) is 19.3. The minimum Gasteiger partial charge on any atom is -0.481 e. The maximum atomic E-state index is 11.0. The molecular formula is C24H40O3. The lowest BCUT2D eigenvalue weighted by atomic mass is 9.44. The van der Waals surface area contributed by atoms with E-state index < -0.39 is 5.97 Å². The number of aliphatic carboxylic acids is 1. The van der Waals surface area contributed by atoms with Gasteiger partial charge in [0.2, 0.25) is 0 Å². The average molecular weight is 377 g/mol. The first-order valence-corrected chi connectivity index (χ1v) is 11.7. The lowest BCUT2D eigenvalue weighted by Gasteiger charge is -2.61. The predicted molar refractivity (Wildman–Crippen MR) is 107 cm³/mol. The van der Waals surface area contributed by atoms with Crippen molar-refractivity contribution >= 4 is 5.97 Å². The van der Waals surface area contributed by atoms with Crippen LogP contribution in [0.1, 0.15) is 91.4 Å². The highest BCUT2D eigenvalue weighted by molar-refractivity contribution is 5.66. The number of carbonyl (C=O) groups is 1. The highest BCUT2D eigenvalue weighted by Crippen LogP contribution is 2.68. The van der Waals surface area contributed by atoms with Crippen LogP contribution in [0.3, 0.4) is 0 Å². The van der Waals surface area contributed by atoms with Gasteiger partial charge >= 0.3 is 5.97 Å². The molecule has 0 aromatic carbocycles. The van der Waals surface area contributed by atoms with Crippen LogP contribution in [0.5, 0.6) is 0 Å². The molecule has 154 valence electrons. The summed E-state index contributed by atoms with van der Waals surface area (Å²) in [5.74, 6) is 3.91. The van der Waals surface area contributed by atoms with E-state index >= 15 is 0 Å². The largest absolute Gasteiger partial charge is 0.481 e. The van der Waals surface area contributed by atoms with Crippen molar-refractivity contribution in [3.8, 4) is 0 Å². The summed E-state index contributed by atoms with van der Waals surface area (Å²) in [6.45, 7) is 7.43. The third-order valence-electron chi connectivity index (χ3n) is 10.2. The molecule has 0 radical (unpaired) electrons. The van der Waals surface area contributed by atoms with Crippen LogP contribution >= 0.6 is 0 Å². The summed E-state index contributed by atoms with van der Waals surface area (Å²) < 4.78 is 0. The molecule has 0 amide bonds. The van der Waals surface area contributed by atoms with Crippen molar-refractivity contribution < 1.29 is 15.0 Å². The Morgan fingerprint density at radius 3 is 2.44 bits per heavy atom. The van der Waals surface area contributed by atoms with Crippen LogP contribution in [0.4, 0.5) is 0 Å². The summed E-state index contributed by atoms with van der Waals surface area (Å²) in [6, 6.07) is 0. The van der Waals surface area contributed by atoms with Gasteiger partial charge in [-0.25, -0.2) is 0 Å². The molecule has 0 aliphatic heterocycles. The number of rotatable bonds is 4. The van der Waals surface area contributed by atoms with Crippen molar-refractivity contribution in [2.45, 2.75) is 97.5 Å². The summed E-state index contributed by atoms with van der Waals surface area (Å²) in [5.41, 5.74) is 0.882. The Bertz CT molecular complexity index is 574. The fourth-order valence-electron chi connectivity index (χ4n) is 8.76. The number of carboxylic acid groups (broad SMARTS) is 1. The Hall–Kier alpha value is -0.570. The van der Waals surface area contributed by atoms with Crippen molar-refractivity contribution in [2.24, 2.45) is 46.3 Å². The van der Waals surface area contributed by atoms with E-state index in [0.717, 1.165) is 42.9 Å². The molecule has 3 heteroatoms. The first-order valence-electron chi connectivity index (χ1n) is 11.7. The molecule has 4 aliphatic carbocycles. The molecule has 0 aromatic rings. The van der Waals surface area contributed by atoms with Crippen molar-refractivity contribution in [3.63, 3.8) is 0 Å². The summed E-state index contributed by atoms with van der Waals surface area (Å²) in [7, 11) is 0. The van der Waals surface area contributed by atoms with Crippen LogP contribution in [-0.2, 0) is 4.79 Å². The molecule has 9 atom stereocenters. The minimum atomic E-state index is -0.643. The average Bonchev–Trinajstić information content (AvgIpc) is 2.97. The van der Waals surface area contributed by atoms with Gasteiger partial charge in [-0.15, -0.1) is 0 Å². The minimum absolute atomic E-state index is 0.0561. The number of carboxylic acids is 1. The fourth-order valence-corrected chi connectivity index (χ4v) is 8.76. The molecule has 4 rings (SSSR count). The van der Waals surface area contributed by atoms with Gasteiger partial charge in [0.15, 0.2) is 0 Å². The highest BCUT2D eigenvalue weighted by atomic mass is 16.4. The Kier molecular flexibility index (Phi) is 5.15. The zero-order valence-electron chi connectivity index (χ0n) is 17.6. The Balaban J connectivity index is 1.51. The van der Waals surface area contributed by atoms with E-state index in [0.29, 0.717) is 29.1 Å². The molecule has 2 N–H and O–H groups in total. The first-order chi connectivity index (χ1) is 12.8. The van der Waals surface area contributed by atoms with E-state index in [4.69, 9.17) is 5.11 Å². The fraction of sp³-hybridized carbons (Fsp3) is 0.958. The van der Waals surface area contributed by atoms with Crippen molar-refractivity contribution in [1.29, 1.82) is 0 Å². The van der Waals surface area contributed by atoms with E-state index in [1.807, 2.05) is 0 Å².